The number of nitrogens with one attached hydrogen (secondary N) is 2. The highest BCUT2D eigenvalue weighted by Gasteiger charge is 2.19. The summed E-state index contributed by atoms with van der Waals surface area (Å²) in [5.74, 6) is 0.0476. The fourth-order valence-corrected chi connectivity index (χ4v) is 6.01. The molecule has 1 amide bonds. The molecule has 2 heterocycles. The van der Waals surface area contributed by atoms with Crippen molar-refractivity contribution in [2.75, 3.05) is 44.2 Å². The van der Waals surface area contributed by atoms with Crippen LogP contribution in [0.15, 0.2) is 60.7 Å². The zero-order chi connectivity index (χ0) is 24.3. The Balaban J connectivity index is 0.950. The number of hydrogen-bond acceptors (Lipinski definition) is 3. The standard InChI is InChI=1S/C31H36N4O/c36-31(24-14-15-29-27(22-24)26-11-3-4-12-28(26)33-29)32-16-5-6-17-34-18-20-35(21-19-34)30-13-7-9-23-8-1-2-10-25(23)30/h1-2,7-10,13-15,22,33H,3-6,11-12,16-21H2,(H,32,36). The number of anilines is 1. The minimum absolute atomic E-state index is 0.0476. The number of fused-ring (bicyclic) bond motifs is 4. The van der Waals surface area contributed by atoms with Crippen molar-refractivity contribution >= 4 is 33.3 Å². The van der Waals surface area contributed by atoms with Gasteiger partial charge in [-0.05, 0) is 80.3 Å². The minimum Gasteiger partial charge on any atom is -0.368 e. The van der Waals surface area contributed by atoms with Gasteiger partial charge in [0, 0.05) is 66.0 Å². The largest absolute Gasteiger partial charge is 0.368 e. The average Bonchev–Trinajstić information content (AvgIpc) is 3.31. The van der Waals surface area contributed by atoms with Crippen LogP contribution in [0, 0.1) is 0 Å². The number of hydrogen-bond donors (Lipinski definition) is 2. The molecule has 186 valence electrons. The predicted molar refractivity (Wildman–Crippen MR) is 149 cm³/mol. The molecule has 1 fully saturated rings. The van der Waals surface area contributed by atoms with Crippen LogP contribution in [0.4, 0.5) is 5.69 Å². The molecule has 2 aliphatic rings. The van der Waals surface area contributed by atoms with Gasteiger partial charge in [0.25, 0.3) is 5.91 Å². The number of aryl methyl sites for hydroxylation is 2. The predicted octanol–water partition coefficient (Wildman–Crippen LogP) is 5.53. The van der Waals surface area contributed by atoms with Crippen molar-refractivity contribution in [3.8, 4) is 0 Å². The molecule has 0 unspecified atom stereocenters. The number of amides is 1. The van der Waals surface area contributed by atoms with E-state index in [1.54, 1.807) is 0 Å². The Kier molecular flexibility index (Phi) is 6.65. The molecule has 4 aromatic rings. The van der Waals surface area contributed by atoms with Crippen LogP contribution in [0.3, 0.4) is 0 Å². The Bertz CT molecular complexity index is 1360. The van der Waals surface area contributed by atoms with E-state index in [1.165, 1.54) is 51.5 Å². The number of aromatic nitrogens is 1. The summed E-state index contributed by atoms with van der Waals surface area (Å²) in [6.07, 6.45) is 6.87. The summed E-state index contributed by atoms with van der Waals surface area (Å²) >= 11 is 0. The second-order valence-corrected chi connectivity index (χ2v) is 10.3. The summed E-state index contributed by atoms with van der Waals surface area (Å²) in [6, 6.07) is 21.4. The SMILES string of the molecule is O=C(NCCCCN1CCN(c2cccc3ccccc23)CC1)c1ccc2[nH]c3c(c2c1)CCCC3. The van der Waals surface area contributed by atoms with Gasteiger partial charge in [0.15, 0.2) is 0 Å². The number of benzene rings is 3. The first kappa shape index (κ1) is 23.1. The smallest absolute Gasteiger partial charge is 0.251 e. The van der Waals surface area contributed by atoms with Crippen molar-refractivity contribution in [1.29, 1.82) is 0 Å². The summed E-state index contributed by atoms with van der Waals surface area (Å²) in [6.45, 7) is 6.15. The van der Waals surface area contributed by atoms with Gasteiger partial charge in [-0.2, -0.15) is 0 Å². The maximum absolute atomic E-state index is 12.8. The Morgan fingerprint density at radius 2 is 1.69 bits per heavy atom. The van der Waals surface area contributed by atoms with E-state index in [1.807, 2.05) is 6.07 Å². The van der Waals surface area contributed by atoms with Crippen molar-refractivity contribution in [3.63, 3.8) is 0 Å². The molecule has 5 heteroatoms. The van der Waals surface area contributed by atoms with Gasteiger partial charge in [-0.3, -0.25) is 9.69 Å². The first-order valence-corrected chi connectivity index (χ1v) is 13.6. The lowest BCUT2D eigenvalue weighted by Crippen LogP contribution is -2.46. The lowest BCUT2D eigenvalue weighted by Gasteiger charge is -2.36. The molecule has 3 aromatic carbocycles. The molecule has 36 heavy (non-hydrogen) atoms. The Morgan fingerprint density at radius 1 is 0.861 bits per heavy atom. The molecule has 1 aliphatic heterocycles. The molecule has 1 aromatic heterocycles. The molecule has 5 nitrogen and oxygen atoms in total. The highest BCUT2D eigenvalue weighted by Crippen LogP contribution is 2.30. The fraction of sp³-hybridized carbons (Fsp3) is 0.387. The number of rotatable bonds is 7. The third-order valence-corrected chi connectivity index (χ3v) is 8.03. The molecular weight excluding hydrogens is 444 g/mol. The normalized spacial score (nSPS) is 16.4. The summed E-state index contributed by atoms with van der Waals surface area (Å²) in [4.78, 5) is 21.4. The van der Waals surface area contributed by atoms with E-state index in [2.05, 4.69) is 74.7 Å². The summed E-state index contributed by atoms with van der Waals surface area (Å²) < 4.78 is 0. The quantitative estimate of drug-likeness (QED) is 0.342. The van der Waals surface area contributed by atoms with E-state index >= 15 is 0 Å². The molecule has 0 atom stereocenters. The van der Waals surface area contributed by atoms with Crippen molar-refractivity contribution in [2.24, 2.45) is 0 Å². The van der Waals surface area contributed by atoms with E-state index in [4.69, 9.17) is 0 Å². The minimum atomic E-state index is 0.0476. The van der Waals surface area contributed by atoms with Gasteiger partial charge in [-0.15, -0.1) is 0 Å². The monoisotopic (exact) mass is 480 g/mol. The van der Waals surface area contributed by atoms with Crippen LogP contribution in [-0.4, -0.2) is 55.1 Å². The number of unbranched alkanes of at least 4 members (excludes halogenated alkanes) is 1. The molecular formula is C31H36N4O. The van der Waals surface area contributed by atoms with Gasteiger partial charge in [0.05, 0.1) is 0 Å². The molecule has 0 radical (unpaired) electrons. The van der Waals surface area contributed by atoms with E-state index in [9.17, 15) is 4.79 Å². The fourth-order valence-electron chi connectivity index (χ4n) is 6.01. The molecule has 2 N–H and O–H groups in total. The second kappa shape index (κ2) is 10.4. The average molecular weight is 481 g/mol. The molecule has 0 saturated carbocycles. The lowest BCUT2D eigenvalue weighted by atomic mass is 9.95. The third kappa shape index (κ3) is 4.72. The maximum Gasteiger partial charge on any atom is 0.251 e. The van der Waals surface area contributed by atoms with Gasteiger partial charge in [0.2, 0.25) is 0 Å². The van der Waals surface area contributed by atoms with Crippen LogP contribution in [-0.2, 0) is 12.8 Å². The zero-order valence-electron chi connectivity index (χ0n) is 21.1. The molecule has 0 bridgehead atoms. The van der Waals surface area contributed by atoms with Crippen LogP contribution in [0.2, 0.25) is 0 Å². The van der Waals surface area contributed by atoms with Crippen molar-refractivity contribution in [1.82, 2.24) is 15.2 Å². The van der Waals surface area contributed by atoms with Gasteiger partial charge in [0.1, 0.15) is 0 Å². The number of piperazine rings is 1. The van der Waals surface area contributed by atoms with Crippen molar-refractivity contribution in [2.45, 2.75) is 38.5 Å². The number of H-pyrrole nitrogens is 1. The summed E-state index contributed by atoms with van der Waals surface area (Å²) in [7, 11) is 0. The summed E-state index contributed by atoms with van der Waals surface area (Å²) in [5.41, 5.74) is 6.09. The number of carbonyl (C=O) groups excluding carboxylic acids is 1. The van der Waals surface area contributed by atoms with Gasteiger partial charge in [-0.25, -0.2) is 0 Å². The number of nitrogens with zero attached hydrogens (tertiary/aromatic N) is 2. The summed E-state index contributed by atoms with van der Waals surface area (Å²) in [5, 5.41) is 7.04. The topological polar surface area (TPSA) is 51.4 Å². The van der Waals surface area contributed by atoms with Gasteiger partial charge >= 0.3 is 0 Å². The van der Waals surface area contributed by atoms with Crippen LogP contribution in [0.25, 0.3) is 21.7 Å². The second-order valence-electron chi connectivity index (χ2n) is 10.3. The van der Waals surface area contributed by atoms with E-state index < -0.39 is 0 Å². The van der Waals surface area contributed by atoms with Crippen molar-refractivity contribution < 1.29 is 4.79 Å². The third-order valence-electron chi connectivity index (χ3n) is 8.03. The highest BCUT2D eigenvalue weighted by molar-refractivity contribution is 5.99. The first-order chi connectivity index (χ1) is 17.8. The molecule has 1 saturated heterocycles. The van der Waals surface area contributed by atoms with Crippen molar-refractivity contribution in [3.05, 3.63) is 77.5 Å². The van der Waals surface area contributed by atoms with Crippen LogP contribution < -0.4 is 10.2 Å². The van der Waals surface area contributed by atoms with Crippen LogP contribution >= 0.6 is 0 Å². The first-order valence-electron chi connectivity index (χ1n) is 13.6. The number of aromatic amines is 1. The Morgan fingerprint density at radius 3 is 2.61 bits per heavy atom. The molecule has 6 rings (SSSR count). The number of carbonyl (C=O) groups is 1. The molecule has 1 aliphatic carbocycles. The van der Waals surface area contributed by atoms with E-state index in [0.29, 0.717) is 0 Å². The van der Waals surface area contributed by atoms with Gasteiger partial charge < -0.3 is 15.2 Å². The van der Waals surface area contributed by atoms with Crippen LogP contribution in [0.1, 0.15) is 47.3 Å². The Labute approximate surface area is 213 Å². The van der Waals surface area contributed by atoms with E-state index in [0.717, 1.165) is 70.5 Å². The van der Waals surface area contributed by atoms with Gasteiger partial charge in [-0.1, -0.05) is 36.4 Å². The molecule has 0 spiro atoms. The van der Waals surface area contributed by atoms with E-state index in [-0.39, 0.29) is 5.91 Å². The van der Waals surface area contributed by atoms with Crippen LogP contribution in [0.5, 0.6) is 0 Å². The zero-order valence-corrected chi connectivity index (χ0v) is 21.1. The highest BCUT2D eigenvalue weighted by atomic mass is 16.1. The lowest BCUT2D eigenvalue weighted by molar-refractivity contribution is 0.0952. The maximum atomic E-state index is 12.8. The Hall–Kier alpha value is -3.31.